The Hall–Kier alpha value is -1.50. The highest BCUT2D eigenvalue weighted by atomic mass is 32.1. The minimum atomic E-state index is -0.833. The molecule has 1 aromatic rings. The van der Waals surface area contributed by atoms with E-state index in [9.17, 15) is 9.90 Å². The van der Waals surface area contributed by atoms with Crippen molar-refractivity contribution < 1.29 is 9.90 Å². The van der Waals surface area contributed by atoms with Crippen LogP contribution in [0.2, 0.25) is 0 Å². The van der Waals surface area contributed by atoms with Crippen molar-refractivity contribution in [2.45, 2.75) is 18.9 Å². The summed E-state index contributed by atoms with van der Waals surface area (Å²) < 4.78 is 0. The van der Waals surface area contributed by atoms with Crippen molar-refractivity contribution >= 4 is 36.5 Å². The molecular formula is C10H12BN3O2S. The molecule has 2 rings (SSSR count). The first-order valence-electron chi connectivity index (χ1n) is 5.03. The van der Waals surface area contributed by atoms with Crippen LogP contribution < -0.4 is 11.2 Å². The smallest absolute Gasteiger partial charge is 0.231 e. The highest BCUT2D eigenvalue weighted by Crippen LogP contribution is 2.40. The van der Waals surface area contributed by atoms with Crippen molar-refractivity contribution in [1.29, 1.82) is 0 Å². The van der Waals surface area contributed by atoms with Crippen LogP contribution in [0.3, 0.4) is 0 Å². The summed E-state index contributed by atoms with van der Waals surface area (Å²) in [6, 6.07) is 0. The Bertz CT molecular complexity index is 514. The van der Waals surface area contributed by atoms with Crippen LogP contribution in [0.25, 0.3) is 0 Å². The lowest BCUT2D eigenvalue weighted by Gasteiger charge is -2.32. The van der Waals surface area contributed by atoms with Crippen molar-refractivity contribution in [3.05, 3.63) is 10.3 Å². The molecule has 0 bridgehead atoms. The predicted molar refractivity (Wildman–Crippen MR) is 67.7 cm³/mol. The maximum Gasteiger partial charge on any atom is 0.231 e. The number of carbonyl (C=O) groups is 1. The fraction of sp³-hybridized carbons (Fsp3) is 0.400. The molecule has 7 heteroatoms. The van der Waals surface area contributed by atoms with Gasteiger partial charge in [-0.05, 0) is 17.8 Å². The molecule has 2 heterocycles. The lowest BCUT2D eigenvalue weighted by atomic mass is 9.90. The lowest BCUT2D eigenvalue weighted by Crippen LogP contribution is -2.47. The number of aliphatic imine (C=N–C) groups is 1. The average Bonchev–Trinajstić information content (AvgIpc) is 2.57. The number of aromatic hydroxyl groups is 1. The molecule has 1 aliphatic rings. The Labute approximate surface area is 104 Å². The van der Waals surface area contributed by atoms with E-state index in [1.54, 1.807) is 19.4 Å². The Morgan fingerprint density at radius 1 is 1.71 bits per heavy atom. The molecule has 0 spiro atoms. The molecule has 0 saturated heterocycles. The largest absolute Gasteiger partial charge is 0.507 e. The first kappa shape index (κ1) is 12.0. The van der Waals surface area contributed by atoms with Gasteiger partial charge in [0.25, 0.3) is 0 Å². The zero-order valence-corrected chi connectivity index (χ0v) is 10.4. The van der Waals surface area contributed by atoms with E-state index in [2.05, 4.69) is 4.99 Å². The molecule has 1 amide bonds. The topological polar surface area (TPSA) is 78.9 Å². The molecule has 0 fully saturated rings. The molecule has 1 aliphatic heterocycles. The lowest BCUT2D eigenvalue weighted by molar-refractivity contribution is -0.128. The third kappa shape index (κ3) is 1.80. The van der Waals surface area contributed by atoms with Crippen LogP contribution in [0.1, 0.15) is 18.2 Å². The van der Waals surface area contributed by atoms with Crippen LogP contribution in [0.4, 0.5) is 0 Å². The summed E-state index contributed by atoms with van der Waals surface area (Å²) in [7, 11) is 7.16. The first-order valence-corrected chi connectivity index (χ1v) is 5.91. The summed E-state index contributed by atoms with van der Waals surface area (Å²) in [4.78, 5) is 17.9. The molecule has 0 aromatic carbocycles. The summed E-state index contributed by atoms with van der Waals surface area (Å²) in [6.45, 7) is 1.76. The molecule has 2 radical (unpaired) electrons. The molecule has 1 atom stereocenters. The highest BCUT2D eigenvalue weighted by molar-refractivity contribution is 7.11. The van der Waals surface area contributed by atoms with E-state index in [0.717, 1.165) is 0 Å². The minimum absolute atomic E-state index is 0.00796. The second kappa shape index (κ2) is 3.77. The van der Waals surface area contributed by atoms with Gasteiger partial charge in [-0.2, -0.15) is 0 Å². The van der Waals surface area contributed by atoms with Gasteiger partial charge in [0.2, 0.25) is 5.91 Å². The number of hydrogen-bond acceptors (Lipinski definition) is 5. The highest BCUT2D eigenvalue weighted by Gasteiger charge is 2.39. The third-order valence-electron chi connectivity index (χ3n) is 2.86. The monoisotopic (exact) mass is 249 g/mol. The van der Waals surface area contributed by atoms with E-state index in [-0.39, 0.29) is 24.0 Å². The Kier molecular flexibility index (Phi) is 2.65. The van der Waals surface area contributed by atoms with Gasteiger partial charge < -0.3 is 10.8 Å². The van der Waals surface area contributed by atoms with E-state index in [0.29, 0.717) is 10.3 Å². The maximum absolute atomic E-state index is 11.8. The first-order chi connectivity index (χ1) is 7.85. The van der Waals surface area contributed by atoms with Gasteiger partial charge in [0.05, 0.1) is 11.3 Å². The van der Waals surface area contributed by atoms with E-state index < -0.39 is 5.54 Å². The summed E-state index contributed by atoms with van der Waals surface area (Å²) in [5.74, 6) is 0.00731. The van der Waals surface area contributed by atoms with Crippen LogP contribution in [0.15, 0.2) is 10.4 Å². The number of nitrogens with two attached hydrogens (primary N) is 1. The van der Waals surface area contributed by atoms with Gasteiger partial charge in [-0.1, -0.05) is 0 Å². The number of hydrogen-bond donors (Lipinski definition) is 2. The van der Waals surface area contributed by atoms with Gasteiger partial charge in [0, 0.05) is 7.05 Å². The van der Waals surface area contributed by atoms with Crippen LogP contribution in [-0.4, -0.2) is 36.8 Å². The van der Waals surface area contributed by atoms with E-state index >= 15 is 0 Å². The fourth-order valence-corrected chi connectivity index (χ4v) is 2.74. The zero-order chi connectivity index (χ0) is 12.8. The fourth-order valence-electron chi connectivity index (χ4n) is 1.79. The van der Waals surface area contributed by atoms with Gasteiger partial charge in [0.1, 0.15) is 19.1 Å². The molecule has 1 aromatic heterocycles. The summed E-state index contributed by atoms with van der Waals surface area (Å²) >= 11 is 1.28. The van der Waals surface area contributed by atoms with Crippen molar-refractivity contribution in [2.75, 3.05) is 7.05 Å². The number of carbonyl (C=O) groups excluding carboxylic acids is 1. The van der Waals surface area contributed by atoms with Gasteiger partial charge in [0.15, 0.2) is 5.96 Å². The SMILES string of the molecule is [B]c1csc([C@]2(C)CC(=O)N(C)C(N)=N2)c1O. The van der Waals surface area contributed by atoms with Crippen molar-refractivity contribution in [1.82, 2.24) is 4.90 Å². The molecule has 17 heavy (non-hydrogen) atoms. The van der Waals surface area contributed by atoms with Gasteiger partial charge in [-0.3, -0.25) is 9.69 Å². The Morgan fingerprint density at radius 3 is 2.82 bits per heavy atom. The molecule has 88 valence electrons. The average molecular weight is 249 g/mol. The number of rotatable bonds is 1. The number of guanidine groups is 1. The molecule has 0 saturated carbocycles. The third-order valence-corrected chi connectivity index (χ3v) is 4.10. The summed E-state index contributed by atoms with van der Waals surface area (Å²) in [5, 5.41) is 11.5. The standard InChI is InChI=1S/C10H12BN3O2S/c1-10(8-7(16)5(11)4-17-8)3-6(15)14(2)9(12)13-10/h4,16H,3H2,1-2H3,(H2,12,13)/t10-/m0/s1. The van der Waals surface area contributed by atoms with E-state index in [4.69, 9.17) is 13.6 Å². The van der Waals surface area contributed by atoms with Crippen molar-refractivity contribution in [2.24, 2.45) is 10.7 Å². The minimum Gasteiger partial charge on any atom is -0.507 e. The molecule has 0 aliphatic carbocycles. The van der Waals surface area contributed by atoms with Crippen LogP contribution in [0.5, 0.6) is 5.75 Å². The van der Waals surface area contributed by atoms with E-state index in [1.807, 2.05) is 0 Å². The summed E-state index contributed by atoms with van der Waals surface area (Å²) in [6.07, 6.45) is 0.164. The maximum atomic E-state index is 11.8. The predicted octanol–water partition coefficient (Wildman–Crippen LogP) is -0.360. The van der Waals surface area contributed by atoms with Crippen LogP contribution in [0, 0.1) is 0 Å². The number of amides is 1. The van der Waals surface area contributed by atoms with Gasteiger partial charge in [-0.15, -0.1) is 11.3 Å². The Balaban J connectivity index is 2.51. The van der Waals surface area contributed by atoms with Gasteiger partial charge >= 0.3 is 0 Å². The van der Waals surface area contributed by atoms with Gasteiger partial charge in [-0.25, -0.2) is 4.99 Å². The molecule has 5 nitrogen and oxygen atoms in total. The van der Waals surface area contributed by atoms with Crippen LogP contribution in [-0.2, 0) is 10.3 Å². The normalized spacial score (nSPS) is 24.9. The molecular weight excluding hydrogens is 237 g/mol. The van der Waals surface area contributed by atoms with E-state index in [1.165, 1.54) is 16.2 Å². The van der Waals surface area contributed by atoms with Crippen molar-refractivity contribution in [3.63, 3.8) is 0 Å². The van der Waals surface area contributed by atoms with Crippen LogP contribution >= 0.6 is 11.3 Å². The second-order valence-corrected chi connectivity index (χ2v) is 5.12. The van der Waals surface area contributed by atoms with Crippen molar-refractivity contribution in [3.8, 4) is 5.75 Å². The molecule has 3 N–H and O–H groups in total. The zero-order valence-electron chi connectivity index (χ0n) is 9.60. The second-order valence-electron chi connectivity index (χ2n) is 4.24. The molecule has 0 unspecified atom stereocenters. The number of nitrogens with zero attached hydrogens (tertiary/aromatic N) is 2. The quantitative estimate of drug-likeness (QED) is 0.667. The summed E-state index contributed by atoms with van der Waals surface area (Å²) in [5.41, 5.74) is 5.15. The Morgan fingerprint density at radius 2 is 2.35 bits per heavy atom. The number of thiophene rings is 1.